The molecule has 0 fully saturated rings. The Morgan fingerprint density at radius 3 is 2.52 bits per heavy atom. The maximum atomic E-state index is 12.3. The summed E-state index contributed by atoms with van der Waals surface area (Å²) in [6.45, 7) is 0.594. The Hall–Kier alpha value is -2.71. The molecule has 154 valence electrons. The average molecular weight is 415 g/mol. The first kappa shape index (κ1) is 21.0. The van der Waals surface area contributed by atoms with E-state index in [1.807, 2.05) is 41.9 Å². The minimum Gasteiger partial charge on any atom is -0.356 e. The van der Waals surface area contributed by atoms with Crippen molar-refractivity contribution < 1.29 is 13.2 Å². The van der Waals surface area contributed by atoms with E-state index in [0.717, 1.165) is 17.8 Å². The Kier molecular flexibility index (Phi) is 6.34. The van der Waals surface area contributed by atoms with Gasteiger partial charge in [0.1, 0.15) is 5.82 Å². The molecule has 8 heteroatoms. The van der Waals surface area contributed by atoms with Gasteiger partial charge < -0.3 is 9.88 Å². The van der Waals surface area contributed by atoms with Crippen molar-refractivity contribution in [2.24, 2.45) is 7.05 Å². The minimum absolute atomic E-state index is 0.0242. The number of amides is 1. The topological polar surface area (TPSA) is 84.3 Å². The number of aromatic nitrogens is 2. The third kappa shape index (κ3) is 4.83. The zero-order chi connectivity index (χ0) is 21.0. The first-order valence-corrected chi connectivity index (χ1v) is 10.9. The summed E-state index contributed by atoms with van der Waals surface area (Å²) in [5.74, 6) is 0.724. The highest BCUT2D eigenvalue weighted by atomic mass is 32.2. The lowest BCUT2D eigenvalue weighted by Crippen LogP contribution is -2.26. The second-order valence-corrected chi connectivity index (χ2v) is 9.26. The van der Waals surface area contributed by atoms with Gasteiger partial charge in [-0.25, -0.2) is 17.7 Å². The summed E-state index contributed by atoms with van der Waals surface area (Å²) >= 11 is 0. The average Bonchev–Trinajstić information content (AvgIpc) is 3.02. The molecule has 0 radical (unpaired) electrons. The molecule has 29 heavy (non-hydrogen) atoms. The molecule has 1 amide bonds. The third-order valence-electron chi connectivity index (χ3n) is 4.88. The van der Waals surface area contributed by atoms with Gasteiger partial charge in [0.2, 0.25) is 15.9 Å². The third-order valence-corrected chi connectivity index (χ3v) is 6.69. The quantitative estimate of drug-likeness (QED) is 0.612. The number of imidazole rings is 1. The van der Waals surface area contributed by atoms with Gasteiger partial charge in [0.15, 0.2) is 0 Å². The van der Waals surface area contributed by atoms with Crippen LogP contribution >= 0.6 is 0 Å². The SMILES string of the molecule is CN(C)S(=O)(=O)c1ccc2c(c1)nc(CCC(=O)NCCc1ccccc1)n2C. The molecule has 0 unspecified atom stereocenters. The summed E-state index contributed by atoms with van der Waals surface area (Å²) in [6, 6.07) is 14.9. The van der Waals surface area contributed by atoms with E-state index in [1.165, 1.54) is 24.0 Å². The van der Waals surface area contributed by atoms with Gasteiger partial charge in [0.05, 0.1) is 15.9 Å². The molecule has 3 rings (SSSR count). The monoisotopic (exact) mass is 414 g/mol. The number of aryl methyl sites for hydroxylation is 2. The normalized spacial score (nSPS) is 11.9. The molecule has 3 aromatic rings. The Bertz CT molecular complexity index is 1110. The lowest BCUT2D eigenvalue weighted by Gasteiger charge is -2.10. The zero-order valence-corrected chi connectivity index (χ0v) is 17.7. The molecule has 0 spiro atoms. The summed E-state index contributed by atoms with van der Waals surface area (Å²) in [5.41, 5.74) is 2.63. The van der Waals surface area contributed by atoms with Gasteiger partial charge in [-0.3, -0.25) is 4.79 Å². The molecular weight excluding hydrogens is 388 g/mol. The van der Waals surface area contributed by atoms with Gasteiger partial charge >= 0.3 is 0 Å². The fourth-order valence-electron chi connectivity index (χ4n) is 3.13. The number of benzene rings is 2. The van der Waals surface area contributed by atoms with E-state index in [1.54, 1.807) is 18.2 Å². The molecule has 7 nitrogen and oxygen atoms in total. The minimum atomic E-state index is -3.51. The van der Waals surface area contributed by atoms with Gasteiger partial charge in [-0.15, -0.1) is 0 Å². The van der Waals surface area contributed by atoms with Gasteiger partial charge in [0.25, 0.3) is 0 Å². The highest BCUT2D eigenvalue weighted by Gasteiger charge is 2.19. The van der Waals surface area contributed by atoms with Crippen LogP contribution in [0.25, 0.3) is 11.0 Å². The van der Waals surface area contributed by atoms with E-state index < -0.39 is 10.0 Å². The molecule has 1 N–H and O–H groups in total. The van der Waals surface area contributed by atoms with Crippen LogP contribution in [0.1, 0.15) is 17.8 Å². The largest absolute Gasteiger partial charge is 0.356 e. The van der Waals surface area contributed by atoms with Crippen LogP contribution in [0, 0.1) is 0 Å². The molecule has 1 heterocycles. The van der Waals surface area contributed by atoms with E-state index >= 15 is 0 Å². The van der Waals surface area contributed by atoms with Crippen molar-refractivity contribution >= 4 is 27.0 Å². The number of hydrogen-bond donors (Lipinski definition) is 1. The Labute approximate surface area is 171 Å². The molecule has 0 atom stereocenters. The van der Waals surface area contributed by atoms with E-state index in [-0.39, 0.29) is 10.8 Å². The van der Waals surface area contributed by atoms with Crippen molar-refractivity contribution in [1.82, 2.24) is 19.2 Å². The van der Waals surface area contributed by atoms with Crippen molar-refractivity contribution in [2.75, 3.05) is 20.6 Å². The molecule has 0 saturated heterocycles. The van der Waals surface area contributed by atoms with E-state index in [2.05, 4.69) is 10.3 Å². The summed E-state index contributed by atoms with van der Waals surface area (Å²) in [7, 11) is 1.36. The molecular formula is C21H26N4O3S. The first-order chi connectivity index (χ1) is 13.8. The number of fused-ring (bicyclic) bond motifs is 1. The number of carbonyl (C=O) groups is 1. The number of carbonyl (C=O) groups excluding carboxylic acids is 1. The number of sulfonamides is 1. The summed E-state index contributed by atoms with van der Waals surface area (Å²) in [5, 5.41) is 2.94. The van der Waals surface area contributed by atoms with Crippen molar-refractivity contribution in [1.29, 1.82) is 0 Å². The van der Waals surface area contributed by atoms with Gasteiger partial charge in [-0.2, -0.15) is 0 Å². The Balaban J connectivity index is 1.62. The lowest BCUT2D eigenvalue weighted by molar-refractivity contribution is -0.121. The van der Waals surface area contributed by atoms with Crippen molar-refractivity contribution in [2.45, 2.75) is 24.2 Å². The summed E-state index contributed by atoms with van der Waals surface area (Å²) in [6.07, 6.45) is 1.61. The predicted molar refractivity (Wildman–Crippen MR) is 113 cm³/mol. The second-order valence-electron chi connectivity index (χ2n) is 7.11. The van der Waals surface area contributed by atoms with Crippen LogP contribution in [0.3, 0.4) is 0 Å². The van der Waals surface area contributed by atoms with E-state index in [4.69, 9.17) is 0 Å². The van der Waals surface area contributed by atoms with Crippen LogP contribution in [-0.4, -0.2) is 48.8 Å². The number of hydrogen-bond acceptors (Lipinski definition) is 4. The maximum absolute atomic E-state index is 12.3. The van der Waals surface area contributed by atoms with Crippen molar-refractivity contribution in [3.05, 3.63) is 59.9 Å². The van der Waals surface area contributed by atoms with Crippen molar-refractivity contribution in [3.63, 3.8) is 0 Å². The predicted octanol–water partition coefficient (Wildman–Crippen LogP) is 2.12. The smallest absolute Gasteiger partial charge is 0.242 e. The van der Waals surface area contributed by atoms with Gasteiger partial charge in [-0.05, 0) is 30.2 Å². The molecule has 2 aromatic carbocycles. The van der Waals surface area contributed by atoms with Crippen LogP contribution in [0.15, 0.2) is 53.4 Å². The van der Waals surface area contributed by atoms with Crippen LogP contribution in [0.4, 0.5) is 0 Å². The molecule has 0 bridgehead atoms. The summed E-state index contributed by atoms with van der Waals surface area (Å²) in [4.78, 5) is 16.9. The van der Waals surface area contributed by atoms with Gasteiger partial charge in [0, 0.05) is 40.5 Å². The number of nitrogens with zero attached hydrogens (tertiary/aromatic N) is 3. The molecule has 1 aromatic heterocycles. The van der Waals surface area contributed by atoms with Crippen LogP contribution < -0.4 is 5.32 Å². The Morgan fingerprint density at radius 2 is 1.83 bits per heavy atom. The van der Waals surface area contributed by atoms with Crippen LogP contribution in [0.5, 0.6) is 0 Å². The Morgan fingerprint density at radius 1 is 1.10 bits per heavy atom. The molecule has 0 aliphatic heterocycles. The van der Waals surface area contributed by atoms with E-state index in [9.17, 15) is 13.2 Å². The zero-order valence-electron chi connectivity index (χ0n) is 16.9. The molecule has 0 aliphatic carbocycles. The highest BCUT2D eigenvalue weighted by molar-refractivity contribution is 7.89. The van der Waals surface area contributed by atoms with Crippen LogP contribution in [-0.2, 0) is 34.7 Å². The fraction of sp³-hybridized carbons (Fsp3) is 0.333. The lowest BCUT2D eigenvalue weighted by atomic mass is 10.1. The van der Waals surface area contributed by atoms with E-state index in [0.29, 0.717) is 24.9 Å². The molecule has 0 aliphatic rings. The standard InChI is InChI=1S/C21H26N4O3S/c1-24(2)29(27,28)17-9-10-19-18(15-17)23-20(25(19)3)11-12-21(26)22-14-13-16-7-5-4-6-8-16/h4-10,15H,11-14H2,1-3H3,(H,22,26). The molecule has 0 saturated carbocycles. The number of nitrogens with one attached hydrogen (secondary N) is 1. The summed E-state index contributed by atoms with van der Waals surface area (Å²) < 4.78 is 27.7. The fourth-order valence-corrected chi connectivity index (χ4v) is 4.05. The number of rotatable bonds is 8. The van der Waals surface area contributed by atoms with Crippen LogP contribution in [0.2, 0.25) is 0 Å². The maximum Gasteiger partial charge on any atom is 0.242 e. The van der Waals surface area contributed by atoms with Gasteiger partial charge in [-0.1, -0.05) is 30.3 Å². The van der Waals surface area contributed by atoms with Crippen molar-refractivity contribution in [3.8, 4) is 0 Å². The highest BCUT2D eigenvalue weighted by Crippen LogP contribution is 2.21. The first-order valence-electron chi connectivity index (χ1n) is 9.47. The second kappa shape index (κ2) is 8.75.